The van der Waals surface area contributed by atoms with Gasteiger partial charge in [-0.05, 0) is 38.2 Å². The van der Waals surface area contributed by atoms with E-state index in [-0.39, 0.29) is 37.3 Å². The van der Waals surface area contributed by atoms with Crippen molar-refractivity contribution in [1.82, 2.24) is 20.0 Å². The summed E-state index contributed by atoms with van der Waals surface area (Å²) in [6, 6.07) is 7.60. The first-order chi connectivity index (χ1) is 14.1. The van der Waals surface area contributed by atoms with Gasteiger partial charge in [-0.3, -0.25) is 4.79 Å². The molecule has 0 radical (unpaired) electrons. The van der Waals surface area contributed by atoms with Crippen LogP contribution in [0.5, 0.6) is 0 Å². The molecule has 170 valence electrons. The van der Waals surface area contributed by atoms with Gasteiger partial charge in [-0.2, -0.15) is 4.68 Å². The van der Waals surface area contributed by atoms with E-state index < -0.39 is 6.09 Å². The monoisotopic (exact) mass is 470 g/mol. The lowest BCUT2D eigenvalue weighted by Crippen LogP contribution is -2.44. The molecule has 0 bridgehead atoms. The van der Waals surface area contributed by atoms with Gasteiger partial charge in [-0.15, -0.1) is 29.9 Å². The molecule has 1 aromatic heterocycles. The second-order valence-electron chi connectivity index (χ2n) is 7.28. The number of aromatic nitrogens is 2. The van der Waals surface area contributed by atoms with Crippen LogP contribution in [0.2, 0.25) is 0 Å². The van der Waals surface area contributed by atoms with E-state index in [1.54, 1.807) is 6.92 Å². The number of anilines is 2. The SMILES string of the molecule is CCOC(=O)n1nc(NC(=O)c2ccc(N3CCN(C)CC3)cc2)c2c1CNC2.Cl.Cl. The van der Waals surface area contributed by atoms with Gasteiger partial charge in [-0.1, -0.05) is 0 Å². The largest absolute Gasteiger partial charge is 0.448 e. The van der Waals surface area contributed by atoms with E-state index in [1.807, 2.05) is 24.3 Å². The highest BCUT2D eigenvalue weighted by Crippen LogP contribution is 2.25. The van der Waals surface area contributed by atoms with Crippen molar-refractivity contribution >= 4 is 48.3 Å². The van der Waals surface area contributed by atoms with E-state index in [2.05, 4.69) is 32.6 Å². The Morgan fingerprint density at radius 2 is 1.77 bits per heavy atom. The normalized spacial score (nSPS) is 15.5. The first kappa shape index (κ1) is 24.9. The van der Waals surface area contributed by atoms with Crippen molar-refractivity contribution in [2.24, 2.45) is 0 Å². The summed E-state index contributed by atoms with van der Waals surface area (Å²) in [6.07, 6.45) is -0.538. The Labute approximate surface area is 193 Å². The van der Waals surface area contributed by atoms with Gasteiger partial charge in [-0.25, -0.2) is 4.79 Å². The standard InChI is InChI=1S/C20H26N6O3.2ClH/c1-3-29-20(28)26-17-13-21-12-16(17)18(23-26)22-19(27)14-4-6-15(7-5-14)25-10-8-24(2)9-11-25;;/h4-7,21H,3,8-13H2,1-2H3,(H,22,23,27);2*1H. The second-order valence-corrected chi connectivity index (χ2v) is 7.28. The molecule has 1 amide bonds. The zero-order valence-corrected chi connectivity index (χ0v) is 19.2. The van der Waals surface area contributed by atoms with Gasteiger partial charge in [0.2, 0.25) is 0 Å². The number of fused-ring (bicyclic) bond motifs is 1. The number of hydrogen-bond donors (Lipinski definition) is 2. The van der Waals surface area contributed by atoms with Crippen LogP contribution in [0.4, 0.5) is 16.3 Å². The highest BCUT2D eigenvalue weighted by Gasteiger charge is 2.27. The molecular formula is C20H28Cl2N6O3. The third kappa shape index (κ3) is 5.30. The minimum absolute atomic E-state index is 0. The van der Waals surface area contributed by atoms with E-state index in [0.717, 1.165) is 43.1 Å². The Morgan fingerprint density at radius 3 is 2.42 bits per heavy atom. The first-order valence-corrected chi connectivity index (χ1v) is 9.90. The average Bonchev–Trinajstić information content (AvgIpc) is 3.33. The van der Waals surface area contributed by atoms with E-state index in [4.69, 9.17) is 4.74 Å². The number of piperazine rings is 1. The van der Waals surface area contributed by atoms with E-state index in [9.17, 15) is 9.59 Å². The summed E-state index contributed by atoms with van der Waals surface area (Å²) in [6.45, 7) is 7.09. The van der Waals surface area contributed by atoms with Crippen molar-refractivity contribution in [2.45, 2.75) is 20.0 Å². The van der Waals surface area contributed by atoms with Crippen LogP contribution in [0.1, 0.15) is 28.5 Å². The summed E-state index contributed by atoms with van der Waals surface area (Å²) in [5.74, 6) is 0.143. The van der Waals surface area contributed by atoms with Gasteiger partial charge >= 0.3 is 6.09 Å². The van der Waals surface area contributed by atoms with E-state index in [0.29, 0.717) is 24.5 Å². The quantitative estimate of drug-likeness (QED) is 0.708. The second kappa shape index (κ2) is 10.8. The van der Waals surface area contributed by atoms with Crippen molar-refractivity contribution in [1.29, 1.82) is 0 Å². The number of hydrogen-bond acceptors (Lipinski definition) is 7. The molecule has 1 saturated heterocycles. The Bertz CT molecular complexity index is 910. The maximum atomic E-state index is 12.7. The summed E-state index contributed by atoms with van der Waals surface area (Å²) >= 11 is 0. The van der Waals surface area contributed by atoms with Gasteiger partial charge in [0.1, 0.15) is 0 Å². The predicted molar refractivity (Wildman–Crippen MR) is 124 cm³/mol. The molecule has 2 aromatic rings. The molecule has 2 N–H and O–H groups in total. The number of nitrogens with one attached hydrogen (secondary N) is 2. The number of likely N-dealkylation sites (N-methyl/N-ethyl adjacent to an activating group) is 1. The Balaban J connectivity index is 0.00000171. The van der Waals surface area contributed by atoms with Crippen molar-refractivity contribution in [3.05, 3.63) is 41.1 Å². The zero-order valence-electron chi connectivity index (χ0n) is 17.6. The van der Waals surface area contributed by atoms with Crippen LogP contribution < -0.4 is 15.5 Å². The summed E-state index contributed by atoms with van der Waals surface area (Å²) < 4.78 is 6.27. The zero-order chi connectivity index (χ0) is 20.4. The molecule has 9 nitrogen and oxygen atoms in total. The molecule has 11 heteroatoms. The topological polar surface area (TPSA) is 91.7 Å². The fourth-order valence-corrected chi connectivity index (χ4v) is 3.66. The first-order valence-electron chi connectivity index (χ1n) is 9.90. The molecular weight excluding hydrogens is 443 g/mol. The third-order valence-corrected chi connectivity index (χ3v) is 5.35. The Morgan fingerprint density at radius 1 is 1.10 bits per heavy atom. The number of halogens is 2. The number of nitrogens with zero attached hydrogens (tertiary/aromatic N) is 4. The summed E-state index contributed by atoms with van der Waals surface area (Å²) in [4.78, 5) is 29.5. The van der Waals surface area contributed by atoms with Gasteiger partial charge in [0, 0.05) is 56.1 Å². The van der Waals surface area contributed by atoms with Crippen LogP contribution in [0.25, 0.3) is 0 Å². The van der Waals surface area contributed by atoms with Crippen LogP contribution in [0, 0.1) is 0 Å². The molecule has 3 heterocycles. The number of ether oxygens (including phenoxy) is 1. The molecule has 0 unspecified atom stereocenters. The maximum Gasteiger partial charge on any atom is 0.435 e. The molecule has 1 fully saturated rings. The molecule has 31 heavy (non-hydrogen) atoms. The molecule has 2 aliphatic heterocycles. The van der Waals surface area contributed by atoms with Gasteiger partial charge in [0.15, 0.2) is 5.82 Å². The molecule has 0 spiro atoms. The van der Waals surface area contributed by atoms with Crippen molar-refractivity contribution in [3.8, 4) is 0 Å². The van der Waals surface area contributed by atoms with Crippen molar-refractivity contribution in [3.63, 3.8) is 0 Å². The van der Waals surface area contributed by atoms with Crippen LogP contribution in [-0.4, -0.2) is 66.5 Å². The minimum Gasteiger partial charge on any atom is -0.448 e. The molecule has 4 rings (SSSR count). The smallest absolute Gasteiger partial charge is 0.435 e. The van der Waals surface area contributed by atoms with Crippen LogP contribution in [0.3, 0.4) is 0 Å². The highest BCUT2D eigenvalue weighted by atomic mass is 35.5. The predicted octanol–water partition coefficient (Wildman–Crippen LogP) is 2.34. The van der Waals surface area contributed by atoms with Crippen LogP contribution >= 0.6 is 24.8 Å². The van der Waals surface area contributed by atoms with Crippen LogP contribution in [-0.2, 0) is 17.8 Å². The highest BCUT2D eigenvalue weighted by molar-refractivity contribution is 6.04. The lowest BCUT2D eigenvalue weighted by Gasteiger charge is -2.34. The summed E-state index contributed by atoms with van der Waals surface area (Å²) in [5, 5.41) is 10.3. The Hall–Kier alpha value is -2.33. The average molecular weight is 471 g/mol. The Kier molecular flexibility index (Phi) is 8.69. The minimum atomic E-state index is -0.538. The molecule has 0 aliphatic carbocycles. The van der Waals surface area contributed by atoms with Gasteiger partial charge < -0.3 is 25.2 Å². The van der Waals surface area contributed by atoms with Crippen molar-refractivity contribution in [2.75, 3.05) is 50.1 Å². The fourth-order valence-electron chi connectivity index (χ4n) is 3.66. The van der Waals surface area contributed by atoms with E-state index >= 15 is 0 Å². The van der Waals surface area contributed by atoms with Crippen LogP contribution in [0.15, 0.2) is 24.3 Å². The maximum absolute atomic E-state index is 12.7. The molecule has 0 atom stereocenters. The number of rotatable bonds is 4. The van der Waals surface area contributed by atoms with Gasteiger partial charge in [0.05, 0.1) is 12.3 Å². The summed E-state index contributed by atoms with van der Waals surface area (Å²) in [7, 11) is 2.13. The molecule has 1 aromatic carbocycles. The summed E-state index contributed by atoms with van der Waals surface area (Å²) in [5.41, 5.74) is 3.21. The number of carbonyl (C=O) groups is 2. The number of benzene rings is 1. The number of amides is 1. The number of carbonyl (C=O) groups excluding carboxylic acids is 2. The van der Waals surface area contributed by atoms with Crippen molar-refractivity contribution < 1.29 is 14.3 Å². The molecule has 0 saturated carbocycles. The third-order valence-electron chi connectivity index (χ3n) is 5.35. The molecule has 2 aliphatic rings. The lowest BCUT2D eigenvalue weighted by atomic mass is 10.1. The van der Waals surface area contributed by atoms with Gasteiger partial charge in [0.25, 0.3) is 5.91 Å². The van der Waals surface area contributed by atoms with E-state index in [1.165, 1.54) is 4.68 Å². The fraction of sp³-hybridized carbons (Fsp3) is 0.450. The lowest BCUT2D eigenvalue weighted by molar-refractivity contribution is 0.102.